The first-order valence-corrected chi connectivity index (χ1v) is 6.36. The third kappa shape index (κ3) is 1.60. The second kappa shape index (κ2) is 3.63. The minimum Gasteiger partial charge on any atom is -0.250 e. The first-order valence-electron chi connectivity index (χ1n) is 5.95. The van der Waals surface area contributed by atoms with Crippen LogP contribution in [0.1, 0.15) is 26.7 Å². The molecule has 0 aromatic carbocycles. The third-order valence-electron chi connectivity index (χ3n) is 4.38. The van der Waals surface area contributed by atoms with Gasteiger partial charge in [-0.25, -0.2) is 0 Å². The van der Waals surface area contributed by atoms with E-state index in [-0.39, 0.29) is 0 Å². The lowest BCUT2D eigenvalue weighted by Gasteiger charge is -2.55. The number of fused-ring (bicyclic) bond motifs is 1. The molecule has 0 aliphatic heterocycles. The average molecular weight is 248 g/mol. The van der Waals surface area contributed by atoms with Gasteiger partial charge in [0.25, 0.3) is 0 Å². The van der Waals surface area contributed by atoms with Crippen molar-refractivity contribution in [1.82, 2.24) is 14.9 Å². The van der Waals surface area contributed by atoms with Crippen molar-refractivity contribution in [2.24, 2.45) is 22.4 Å². The lowest BCUT2D eigenvalue weighted by Crippen LogP contribution is -2.48. The van der Waals surface area contributed by atoms with Gasteiger partial charge in [0.1, 0.15) is 6.33 Å². The minimum absolute atomic E-state index is 0.438. The first kappa shape index (κ1) is 10.9. The van der Waals surface area contributed by atoms with Crippen LogP contribution in [0.3, 0.4) is 0 Å². The van der Waals surface area contributed by atoms with Crippen LogP contribution in [-0.4, -0.2) is 21.1 Å². The van der Waals surface area contributed by atoms with E-state index >= 15 is 0 Å². The molecule has 2 atom stereocenters. The summed E-state index contributed by atoms with van der Waals surface area (Å²) in [6.45, 7) is 4.71. The van der Waals surface area contributed by atoms with Gasteiger partial charge < -0.3 is 0 Å². The molecule has 1 heterocycles. The molecule has 3 aliphatic rings. The molecule has 4 rings (SSSR count). The van der Waals surface area contributed by atoms with Crippen LogP contribution in [0, 0.1) is 22.0 Å². The molecule has 1 N–H and O–H groups in total. The summed E-state index contributed by atoms with van der Waals surface area (Å²) in [5.41, 5.74) is 1.79. The number of nitrogens with one attached hydrogen (secondary N) is 1. The number of aromatic amines is 1. The van der Waals surface area contributed by atoms with E-state index in [0.717, 1.165) is 5.92 Å². The summed E-state index contributed by atoms with van der Waals surface area (Å²) >= 11 is 5.05. The summed E-state index contributed by atoms with van der Waals surface area (Å²) < 4.78 is 2.12. The van der Waals surface area contributed by atoms with Crippen molar-refractivity contribution in [3.05, 3.63) is 22.7 Å². The van der Waals surface area contributed by atoms with Crippen LogP contribution >= 0.6 is 12.2 Å². The number of rotatable bonds is 2. The highest BCUT2D eigenvalue weighted by molar-refractivity contribution is 7.71. The summed E-state index contributed by atoms with van der Waals surface area (Å²) in [5, 5.41) is 10.9. The van der Waals surface area contributed by atoms with E-state index in [4.69, 9.17) is 12.2 Å². The molecule has 17 heavy (non-hydrogen) atoms. The van der Waals surface area contributed by atoms with Crippen LogP contribution in [0.4, 0.5) is 0 Å². The van der Waals surface area contributed by atoms with Crippen molar-refractivity contribution in [2.75, 3.05) is 0 Å². The van der Waals surface area contributed by atoms with Crippen LogP contribution in [0.5, 0.6) is 0 Å². The van der Waals surface area contributed by atoms with Crippen LogP contribution < -0.4 is 0 Å². The van der Waals surface area contributed by atoms with Gasteiger partial charge in [0.2, 0.25) is 4.77 Å². The molecule has 5 heteroatoms. The molecule has 0 spiro atoms. The number of nitrogens with zero attached hydrogens (tertiary/aromatic N) is 3. The quantitative estimate of drug-likeness (QED) is 0.646. The van der Waals surface area contributed by atoms with Crippen molar-refractivity contribution < 1.29 is 0 Å². The Labute approximate surface area is 105 Å². The van der Waals surface area contributed by atoms with Crippen molar-refractivity contribution in [2.45, 2.75) is 26.7 Å². The predicted molar refractivity (Wildman–Crippen MR) is 69.4 cm³/mol. The Morgan fingerprint density at radius 3 is 3.06 bits per heavy atom. The van der Waals surface area contributed by atoms with E-state index in [0.29, 0.717) is 16.1 Å². The summed E-state index contributed by atoms with van der Waals surface area (Å²) in [6, 6.07) is 0. The molecule has 90 valence electrons. The molecule has 1 aromatic rings. The van der Waals surface area contributed by atoms with Crippen LogP contribution in [0.25, 0.3) is 0 Å². The summed E-state index contributed by atoms with van der Waals surface area (Å²) in [5.74, 6) is 1.52. The molecule has 1 saturated carbocycles. The van der Waals surface area contributed by atoms with E-state index in [1.807, 2.05) is 6.21 Å². The van der Waals surface area contributed by atoms with Gasteiger partial charge in [0.15, 0.2) is 0 Å². The maximum atomic E-state index is 5.05. The molecule has 0 amide bonds. The highest BCUT2D eigenvalue weighted by atomic mass is 32.1. The predicted octanol–water partition coefficient (Wildman–Crippen LogP) is 2.77. The summed E-state index contributed by atoms with van der Waals surface area (Å²) in [4.78, 5) is 0. The second-order valence-electron chi connectivity index (χ2n) is 5.50. The first-order chi connectivity index (χ1) is 8.09. The van der Waals surface area contributed by atoms with Crippen molar-refractivity contribution in [1.29, 1.82) is 0 Å². The Kier molecular flexibility index (Phi) is 2.33. The Morgan fingerprint density at radius 2 is 2.47 bits per heavy atom. The van der Waals surface area contributed by atoms with Crippen LogP contribution in [-0.2, 0) is 0 Å². The number of hydrogen-bond donors (Lipinski definition) is 1. The molecule has 0 unspecified atom stereocenters. The molecule has 0 saturated heterocycles. The fraction of sp³-hybridized carbons (Fsp3) is 0.583. The van der Waals surface area contributed by atoms with Gasteiger partial charge in [-0.15, -0.1) is 0 Å². The fourth-order valence-corrected chi connectivity index (χ4v) is 3.15. The third-order valence-corrected chi connectivity index (χ3v) is 4.66. The maximum absolute atomic E-state index is 5.05. The molecular formula is C12H16N4S. The Bertz CT molecular complexity index is 549. The molecule has 1 aromatic heterocycles. The Morgan fingerprint density at radius 1 is 1.65 bits per heavy atom. The van der Waals surface area contributed by atoms with E-state index in [1.165, 1.54) is 18.4 Å². The topological polar surface area (TPSA) is 46.0 Å². The summed E-state index contributed by atoms with van der Waals surface area (Å²) in [7, 11) is 0. The van der Waals surface area contributed by atoms with Crippen molar-refractivity contribution in [3.63, 3.8) is 0 Å². The second-order valence-corrected chi connectivity index (χ2v) is 5.88. The number of aromatic nitrogens is 3. The van der Waals surface area contributed by atoms with E-state index < -0.39 is 0 Å². The molecular weight excluding hydrogens is 232 g/mol. The number of hydrogen-bond acceptors (Lipinski definition) is 3. The fourth-order valence-electron chi connectivity index (χ4n) is 3.00. The van der Waals surface area contributed by atoms with Crippen molar-refractivity contribution >= 4 is 18.4 Å². The Hall–Kier alpha value is -1.23. The van der Waals surface area contributed by atoms with E-state index in [9.17, 15) is 0 Å². The van der Waals surface area contributed by atoms with Gasteiger partial charge in [-0.2, -0.15) is 14.9 Å². The lowest BCUT2D eigenvalue weighted by molar-refractivity contribution is -0.00126. The van der Waals surface area contributed by atoms with E-state index in [2.05, 4.69) is 35.2 Å². The van der Waals surface area contributed by atoms with Gasteiger partial charge in [-0.05, 0) is 47.9 Å². The highest BCUT2D eigenvalue weighted by Crippen LogP contribution is 2.58. The largest absolute Gasteiger partial charge is 0.250 e. The molecule has 3 aliphatic carbocycles. The highest BCUT2D eigenvalue weighted by Gasteiger charge is 2.50. The van der Waals surface area contributed by atoms with Gasteiger partial charge in [-0.1, -0.05) is 19.9 Å². The lowest BCUT2D eigenvalue weighted by atomic mass is 9.49. The van der Waals surface area contributed by atoms with Gasteiger partial charge in [0.05, 0.1) is 6.21 Å². The normalized spacial score (nSPS) is 30.1. The van der Waals surface area contributed by atoms with Gasteiger partial charge >= 0.3 is 0 Å². The maximum Gasteiger partial charge on any atom is 0.216 e. The van der Waals surface area contributed by atoms with Crippen molar-refractivity contribution in [3.8, 4) is 0 Å². The molecule has 2 bridgehead atoms. The van der Waals surface area contributed by atoms with Crippen LogP contribution in [0.2, 0.25) is 0 Å². The number of H-pyrrole nitrogens is 1. The Balaban J connectivity index is 1.83. The van der Waals surface area contributed by atoms with Crippen LogP contribution in [0.15, 0.2) is 23.1 Å². The van der Waals surface area contributed by atoms with Gasteiger partial charge in [-0.3, -0.25) is 5.10 Å². The van der Waals surface area contributed by atoms with Gasteiger partial charge in [0, 0.05) is 0 Å². The SMILES string of the molecule is CC1(C)[C@H]2CC=C(/C=N\n3cn[nH]c3=S)[C@@H]1C2. The standard InChI is InChI=1S/C12H16N4S/c1-12(2)9-4-3-8(10(12)5-9)6-14-16-7-13-15-11(16)17/h3,6-7,9-10H,4-5H2,1-2H3,(H,15,17)/b14-6-/t9-,10-/m0/s1. The number of allylic oxidation sites excluding steroid dienone is 2. The summed E-state index contributed by atoms with van der Waals surface area (Å²) in [6.07, 6.45) is 8.34. The molecule has 1 fully saturated rings. The van der Waals surface area contributed by atoms with E-state index in [1.54, 1.807) is 11.0 Å². The average Bonchev–Trinajstić information content (AvgIpc) is 2.72. The monoisotopic (exact) mass is 248 g/mol. The molecule has 4 nitrogen and oxygen atoms in total. The molecule has 0 radical (unpaired) electrons. The zero-order valence-corrected chi connectivity index (χ0v) is 10.9. The minimum atomic E-state index is 0.438. The zero-order valence-electron chi connectivity index (χ0n) is 10.1. The smallest absolute Gasteiger partial charge is 0.216 e. The zero-order chi connectivity index (χ0) is 12.0.